The fraction of sp³-hybridized carbons (Fsp3) is 1.00. The molecule has 0 aromatic rings. The molecule has 0 atom stereocenters. The Labute approximate surface area is 145 Å². The van der Waals surface area contributed by atoms with E-state index in [1.165, 1.54) is 77.0 Å². The molecule has 0 radical (unpaired) electrons. The SMILES string of the molecule is CCCCCCCCCCCCCC.CN(C)C.O=S(=O)(O)O. The van der Waals surface area contributed by atoms with Gasteiger partial charge in [0.15, 0.2) is 0 Å². The molecular weight excluding hydrogens is 314 g/mol. The summed E-state index contributed by atoms with van der Waals surface area (Å²) >= 11 is 0. The lowest BCUT2D eigenvalue weighted by molar-refractivity contribution is 0.381. The highest BCUT2D eigenvalue weighted by molar-refractivity contribution is 7.79. The van der Waals surface area contributed by atoms with Crippen LogP contribution in [-0.2, 0) is 10.4 Å². The first kappa shape index (κ1) is 27.7. The van der Waals surface area contributed by atoms with Gasteiger partial charge in [0, 0.05) is 0 Å². The van der Waals surface area contributed by atoms with E-state index in [9.17, 15) is 0 Å². The van der Waals surface area contributed by atoms with Crippen LogP contribution in [0.25, 0.3) is 0 Å². The van der Waals surface area contributed by atoms with Crippen molar-refractivity contribution in [3.63, 3.8) is 0 Å². The Morgan fingerprint density at radius 2 is 0.739 bits per heavy atom. The molecule has 0 aliphatic rings. The van der Waals surface area contributed by atoms with Crippen LogP contribution in [0.2, 0.25) is 0 Å². The summed E-state index contributed by atoms with van der Waals surface area (Å²) in [7, 11) is 1.33. The maximum atomic E-state index is 8.74. The Morgan fingerprint density at radius 1 is 0.609 bits per heavy atom. The molecule has 0 saturated carbocycles. The summed E-state index contributed by atoms with van der Waals surface area (Å²) in [5.74, 6) is 0. The molecule has 0 bridgehead atoms. The van der Waals surface area contributed by atoms with Crippen LogP contribution in [0.5, 0.6) is 0 Å². The molecule has 0 unspecified atom stereocenters. The predicted molar refractivity (Wildman–Crippen MR) is 101 cm³/mol. The van der Waals surface area contributed by atoms with Crippen molar-refractivity contribution >= 4 is 10.4 Å². The van der Waals surface area contributed by atoms with Gasteiger partial charge in [0.05, 0.1) is 0 Å². The van der Waals surface area contributed by atoms with Gasteiger partial charge in [-0.25, -0.2) is 0 Å². The monoisotopic (exact) mass is 355 g/mol. The molecular formula is C17H41NO4S. The molecule has 0 aromatic heterocycles. The summed E-state index contributed by atoms with van der Waals surface area (Å²) in [4.78, 5) is 2.00. The quantitative estimate of drug-likeness (QED) is 0.392. The van der Waals surface area contributed by atoms with Gasteiger partial charge < -0.3 is 4.90 Å². The molecule has 0 rings (SSSR count). The first-order chi connectivity index (χ1) is 10.6. The van der Waals surface area contributed by atoms with Gasteiger partial charge >= 0.3 is 10.4 Å². The minimum atomic E-state index is -4.67. The molecule has 2 N–H and O–H groups in total. The summed E-state index contributed by atoms with van der Waals surface area (Å²) < 4.78 is 31.6. The number of unbranched alkanes of at least 4 members (excludes halogenated alkanes) is 11. The molecule has 6 heteroatoms. The second-order valence-electron chi connectivity index (χ2n) is 6.33. The van der Waals surface area contributed by atoms with Crippen LogP contribution < -0.4 is 0 Å². The van der Waals surface area contributed by atoms with Crippen molar-refractivity contribution in [3.05, 3.63) is 0 Å². The highest BCUT2D eigenvalue weighted by atomic mass is 32.3. The van der Waals surface area contributed by atoms with Gasteiger partial charge in [-0.3, -0.25) is 9.11 Å². The van der Waals surface area contributed by atoms with Crippen molar-refractivity contribution in [3.8, 4) is 0 Å². The molecule has 0 fully saturated rings. The van der Waals surface area contributed by atoms with Crippen molar-refractivity contribution in [1.82, 2.24) is 4.90 Å². The zero-order chi connectivity index (χ0) is 18.6. The van der Waals surface area contributed by atoms with Crippen LogP contribution in [0.15, 0.2) is 0 Å². The topological polar surface area (TPSA) is 77.8 Å². The number of hydrogen-bond acceptors (Lipinski definition) is 3. The minimum absolute atomic E-state index is 1.37. The second kappa shape index (κ2) is 21.8. The van der Waals surface area contributed by atoms with E-state index in [1.807, 2.05) is 26.0 Å². The molecule has 0 amide bonds. The zero-order valence-electron chi connectivity index (χ0n) is 16.1. The lowest BCUT2D eigenvalue weighted by Crippen LogP contribution is -1.99. The van der Waals surface area contributed by atoms with E-state index >= 15 is 0 Å². The molecule has 0 aromatic carbocycles. The number of rotatable bonds is 11. The van der Waals surface area contributed by atoms with Crippen LogP contribution in [0, 0.1) is 0 Å². The molecule has 0 heterocycles. The maximum absolute atomic E-state index is 8.74. The smallest absolute Gasteiger partial charge is 0.312 e. The van der Waals surface area contributed by atoms with Crippen LogP contribution >= 0.6 is 0 Å². The van der Waals surface area contributed by atoms with E-state index in [0.717, 1.165) is 0 Å². The summed E-state index contributed by atoms with van der Waals surface area (Å²) in [6.45, 7) is 4.57. The van der Waals surface area contributed by atoms with Gasteiger partial charge in [0.25, 0.3) is 0 Å². The molecule has 0 aliphatic heterocycles. The van der Waals surface area contributed by atoms with E-state index in [-0.39, 0.29) is 0 Å². The summed E-state index contributed by atoms with van der Waals surface area (Å²) in [6.07, 6.45) is 17.4. The van der Waals surface area contributed by atoms with Crippen LogP contribution in [0.1, 0.15) is 90.9 Å². The van der Waals surface area contributed by atoms with Crippen LogP contribution in [-0.4, -0.2) is 43.6 Å². The van der Waals surface area contributed by atoms with E-state index < -0.39 is 10.4 Å². The van der Waals surface area contributed by atoms with Gasteiger partial charge in [-0.2, -0.15) is 8.42 Å². The highest BCUT2D eigenvalue weighted by Crippen LogP contribution is 2.11. The van der Waals surface area contributed by atoms with Gasteiger partial charge in [-0.05, 0) is 21.1 Å². The van der Waals surface area contributed by atoms with Gasteiger partial charge in [-0.1, -0.05) is 90.9 Å². The minimum Gasteiger partial charge on any atom is -0.312 e. The Morgan fingerprint density at radius 3 is 0.870 bits per heavy atom. The van der Waals surface area contributed by atoms with Crippen molar-refractivity contribution < 1.29 is 17.5 Å². The highest BCUT2D eigenvalue weighted by Gasteiger charge is 1.91. The van der Waals surface area contributed by atoms with E-state index in [0.29, 0.717) is 0 Å². The summed E-state index contributed by atoms with van der Waals surface area (Å²) in [5.41, 5.74) is 0. The van der Waals surface area contributed by atoms with Crippen LogP contribution in [0.4, 0.5) is 0 Å². The fourth-order valence-electron chi connectivity index (χ4n) is 1.91. The molecule has 0 saturated heterocycles. The molecule has 0 aliphatic carbocycles. The largest absolute Gasteiger partial charge is 0.394 e. The Kier molecular flexibility index (Phi) is 26.3. The van der Waals surface area contributed by atoms with E-state index in [2.05, 4.69) is 13.8 Å². The third-order valence-electron chi connectivity index (χ3n) is 2.96. The van der Waals surface area contributed by atoms with Gasteiger partial charge in [-0.15, -0.1) is 0 Å². The van der Waals surface area contributed by atoms with Gasteiger partial charge in [0.2, 0.25) is 0 Å². The normalized spacial score (nSPS) is 10.6. The van der Waals surface area contributed by atoms with Crippen molar-refractivity contribution in [1.29, 1.82) is 0 Å². The predicted octanol–water partition coefficient (Wildman–Crippen LogP) is 5.23. The van der Waals surface area contributed by atoms with Crippen molar-refractivity contribution in [2.75, 3.05) is 21.1 Å². The molecule has 0 spiro atoms. The van der Waals surface area contributed by atoms with E-state index in [4.69, 9.17) is 17.5 Å². The summed E-state index contributed by atoms with van der Waals surface area (Å²) in [6, 6.07) is 0. The lowest BCUT2D eigenvalue weighted by atomic mass is 10.1. The Hall–Kier alpha value is -0.170. The number of nitrogens with zero attached hydrogens (tertiary/aromatic N) is 1. The van der Waals surface area contributed by atoms with E-state index in [1.54, 1.807) is 0 Å². The summed E-state index contributed by atoms with van der Waals surface area (Å²) in [5, 5.41) is 0. The Bertz CT molecular complexity index is 270. The maximum Gasteiger partial charge on any atom is 0.394 e. The van der Waals surface area contributed by atoms with Crippen molar-refractivity contribution in [2.24, 2.45) is 0 Å². The van der Waals surface area contributed by atoms with Gasteiger partial charge in [0.1, 0.15) is 0 Å². The first-order valence-electron chi connectivity index (χ1n) is 8.95. The average Bonchev–Trinajstić information content (AvgIpc) is 2.38. The molecule has 23 heavy (non-hydrogen) atoms. The lowest BCUT2D eigenvalue weighted by Gasteiger charge is -2.01. The molecule has 5 nitrogen and oxygen atoms in total. The zero-order valence-corrected chi connectivity index (χ0v) is 16.9. The Balaban J connectivity index is -0.000000365. The molecule has 144 valence electrons. The first-order valence-corrected chi connectivity index (χ1v) is 10.4. The fourth-order valence-corrected chi connectivity index (χ4v) is 1.91. The third kappa shape index (κ3) is 73.2. The van der Waals surface area contributed by atoms with Crippen molar-refractivity contribution in [2.45, 2.75) is 90.9 Å². The average molecular weight is 356 g/mol. The van der Waals surface area contributed by atoms with Crippen LogP contribution in [0.3, 0.4) is 0 Å². The second-order valence-corrected chi connectivity index (χ2v) is 7.22. The third-order valence-corrected chi connectivity index (χ3v) is 2.96. The standard InChI is InChI=1S/C14H30.C3H9N.H2O4S/c1-3-5-7-9-11-13-14-12-10-8-6-4-2;1-4(2)3;1-5(2,3)4/h3-14H2,1-2H3;1-3H3;(H2,1,2,3,4). The number of hydrogen-bond donors (Lipinski definition) is 2.